The molecule has 1 aliphatic rings. The highest BCUT2D eigenvalue weighted by molar-refractivity contribution is 5.37. The predicted octanol–water partition coefficient (Wildman–Crippen LogP) is 1.87. The highest BCUT2D eigenvalue weighted by Gasteiger charge is 2.22. The second kappa shape index (κ2) is 3.76. The molecule has 82 valence electrons. The van der Waals surface area contributed by atoms with Crippen molar-refractivity contribution in [2.75, 3.05) is 13.1 Å². The summed E-state index contributed by atoms with van der Waals surface area (Å²) in [5.41, 5.74) is 3.79. The van der Waals surface area contributed by atoms with E-state index in [2.05, 4.69) is 46.1 Å². The first-order valence-corrected chi connectivity index (χ1v) is 5.64. The van der Waals surface area contributed by atoms with Crippen LogP contribution in [0.25, 0.3) is 5.69 Å². The van der Waals surface area contributed by atoms with E-state index in [1.165, 1.54) is 16.9 Å². The average molecular weight is 213 g/mol. The van der Waals surface area contributed by atoms with Gasteiger partial charge in [-0.25, -0.2) is 4.98 Å². The monoisotopic (exact) mass is 213 g/mol. The highest BCUT2D eigenvalue weighted by Crippen LogP contribution is 2.22. The molecule has 2 aromatic rings. The molecule has 0 aliphatic carbocycles. The molecule has 3 nitrogen and oxygen atoms in total. The maximum absolute atomic E-state index is 4.26. The van der Waals surface area contributed by atoms with Gasteiger partial charge in [0.1, 0.15) is 0 Å². The summed E-state index contributed by atoms with van der Waals surface area (Å²) in [6.45, 7) is 4.24. The van der Waals surface area contributed by atoms with Crippen LogP contribution in [0.1, 0.15) is 17.2 Å². The molecule has 0 radical (unpaired) electrons. The van der Waals surface area contributed by atoms with E-state index >= 15 is 0 Å². The Kier molecular flexibility index (Phi) is 2.26. The summed E-state index contributed by atoms with van der Waals surface area (Å²) in [5.74, 6) is 0.615. The van der Waals surface area contributed by atoms with Gasteiger partial charge in [-0.15, -0.1) is 0 Å². The van der Waals surface area contributed by atoms with Crippen molar-refractivity contribution in [3.05, 3.63) is 48.0 Å². The van der Waals surface area contributed by atoms with E-state index in [1.807, 2.05) is 12.5 Å². The summed E-state index contributed by atoms with van der Waals surface area (Å²) in [7, 11) is 0. The fraction of sp³-hybridized carbons (Fsp3) is 0.308. The largest absolute Gasteiger partial charge is 0.315 e. The minimum atomic E-state index is 0.615. The number of nitrogens with zero attached hydrogens (tertiary/aromatic N) is 2. The SMILES string of the molecule is Cc1ccc(-n2cncc2C2CNC2)cc1. The first-order valence-electron chi connectivity index (χ1n) is 5.64. The lowest BCUT2D eigenvalue weighted by atomic mass is 10.00. The van der Waals surface area contributed by atoms with Gasteiger partial charge in [-0.05, 0) is 19.1 Å². The molecule has 0 spiro atoms. The third-order valence-electron chi connectivity index (χ3n) is 3.18. The highest BCUT2D eigenvalue weighted by atomic mass is 15.1. The summed E-state index contributed by atoms with van der Waals surface area (Å²) >= 11 is 0. The van der Waals surface area contributed by atoms with Crippen LogP contribution in [0.5, 0.6) is 0 Å². The Morgan fingerprint density at radius 1 is 1.25 bits per heavy atom. The van der Waals surface area contributed by atoms with Crippen molar-refractivity contribution in [3.8, 4) is 5.69 Å². The number of aromatic nitrogens is 2. The minimum Gasteiger partial charge on any atom is -0.315 e. The van der Waals surface area contributed by atoms with Gasteiger partial charge in [0.05, 0.1) is 6.33 Å². The number of imidazole rings is 1. The zero-order valence-electron chi connectivity index (χ0n) is 9.35. The van der Waals surface area contributed by atoms with Crippen molar-refractivity contribution in [1.29, 1.82) is 0 Å². The molecule has 1 saturated heterocycles. The lowest BCUT2D eigenvalue weighted by molar-refractivity contribution is 0.435. The van der Waals surface area contributed by atoms with Crippen LogP contribution in [0.15, 0.2) is 36.8 Å². The second-order valence-corrected chi connectivity index (χ2v) is 4.38. The zero-order valence-corrected chi connectivity index (χ0v) is 9.35. The van der Waals surface area contributed by atoms with Crippen molar-refractivity contribution in [1.82, 2.24) is 14.9 Å². The fourth-order valence-electron chi connectivity index (χ4n) is 2.03. The third-order valence-corrected chi connectivity index (χ3v) is 3.18. The quantitative estimate of drug-likeness (QED) is 0.825. The Morgan fingerprint density at radius 2 is 2.00 bits per heavy atom. The van der Waals surface area contributed by atoms with E-state index in [-0.39, 0.29) is 0 Å². The van der Waals surface area contributed by atoms with Crippen LogP contribution in [0.4, 0.5) is 0 Å². The van der Waals surface area contributed by atoms with Crippen molar-refractivity contribution in [2.24, 2.45) is 0 Å². The summed E-state index contributed by atoms with van der Waals surface area (Å²) in [4.78, 5) is 4.26. The Morgan fingerprint density at radius 3 is 2.62 bits per heavy atom. The molecular formula is C13H15N3. The van der Waals surface area contributed by atoms with Crippen LogP contribution in [-0.4, -0.2) is 22.6 Å². The van der Waals surface area contributed by atoms with E-state index in [0.717, 1.165) is 13.1 Å². The van der Waals surface area contributed by atoms with Gasteiger partial charge >= 0.3 is 0 Å². The Hall–Kier alpha value is -1.61. The minimum absolute atomic E-state index is 0.615. The van der Waals surface area contributed by atoms with Gasteiger partial charge in [0.25, 0.3) is 0 Å². The first kappa shape index (κ1) is 9.60. The Labute approximate surface area is 95.1 Å². The number of rotatable bonds is 2. The van der Waals surface area contributed by atoms with Crippen LogP contribution in [-0.2, 0) is 0 Å². The Bertz CT molecular complexity index is 480. The van der Waals surface area contributed by atoms with Gasteiger partial charge in [0.2, 0.25) is 0 Å². The van der Waals surface area contributed by atoms with Crippen LogP contribution in [0.3, 0.4) is 0 Å². The van der Waals surface area contributed by atoms with Crippen molar-refractivity contribution in [3.63, 3.8) is 0 Å². The van der Waals surface area contributed by atoms with Gasteiger partial charge in [0.15, 0.2) is 0 Å². The summed E-state index contributed by atoms with van der Waals surface area (Å²) in [6.07, 6.45) is 3.88. The standard InChI is InChI=1S/C13H15N3/c1-10-2-4-12(5-3-10)16-9-15-8-13(16)11-6-14-7-11/h2-5,8-9,11,14H,6-7H2,1H3. The molecule has 2 heterocycles. The first-order chi connectivity index (χ1) is 7.84. The average Bonchev–Trinajstić information content (AvgIpc) is 2.65. The van der Waals surface area contributed by atoms with Gasteiger partial charge < -0.3 is 9.88 Å². The molecule has 1 aromatic heterocycles. The molecule has 3 heteroatoms. The number of hydrogen-bond acceptors (Lipinski definition) is 2. The summed E-state index contributed by atoms with van der Waals surface area (Å²) < 4.78 is 2.19. The van der Waals surface area contributed by atoms with E-state index in [1.54, 1.807) is 0 Å². The number of aryl methyl sites for hydroxylation is 1. The second-order valence-electron chi connectivity index (χ2n) is 4.38. The van der Waals surface area contributed by atoms with Crippen LogP contribution in [0.2, 0.25) is 0 Å². The molecule has 0 atom stereocenters. The summed E-state index contributed by atoms with van der Waals surface area (Å²) in [6, 6.07) is 8.56. The van der Waals surface area contributed by atoms with Crippen molar-refractivity contribution < 1.29 is 0 Å². The van der Waals surface area contributed by atoms with Gasteiger partial charge in [0, 0.05) is 36.6 Å². The maximum atomic E-state index is 4.26. The molecule has 1 N–H and O–H groups in total. The normalized spacial score (nSPS) is 16.1. The van der Waals surface area contributed by atoms with Crippen LogP contribution >= 0.6 is 0 Å². The Balaban J connectivity index is 1.99. The van der Waals surface area contributed by atoms with Crippen LogP contribution in [0, 0.1) is 6.92 Å². The van der Waals surface area contributed by atoms with Gasteiger partial charge in [-0.3, -0.25) is 0 Å². The van der Waals surface area contributed by atoms with E-state index in [0.29, 0.717) is 5.92 Å². The van der Waals surface area contributed by atoms with E-state index < -0.39 is 0 Å². The molecule has 0 unspecified atom stereocenters. The van der Waals surface area contributed by atoms with Gasteiger partial charge in [-0.1, -0.05) is 17.7 Å². The fourth-order valence-corrected chi connectivity index (χ4v) is 2.03. The molecule has 1 fully saturated rings. The third kappa shape index (κ3) is 1.53. The van der Waals surface area contributed by atoms with Crippen LogP contribution < -0.4 is 5.32 Å². The molecule has 1 aliphatic heterocycles. The molecule has 0 saturated carbocycles. The number of hydrogen-bond donors (Lipinski definition) is 1. The molecular weight excluding hydrogens is 198 g/mol. The number of benzene rings is 1. The number of nitrogens with one attached hydrogen (secondary N) is 1. The van der Waals surface area contributed by atoms with Crippen molar-refractivity contribution in [2.45, 2.75) is 12.8 Å². The molecule has 1 aromatic carbocycles. The van der Waals surface area contributed by atoms with E-state index in [4.69, 9.17) is 0 Å². The summed E-state index contributed by atoms with van der Waals surface area (Å²) in [5, 5.41) is 3.30. The zero-order chi connectivity index (χ0) is 11.0. The van der Waals surface area contributed by atoms with Crippen molar-refractivity contribution >= 4 is 0 Å². The molecule has 16 heavy (non-hydrogen) atoms. The lowest BCUT2D eigenvalue weighted by Gasteiger charge is -2.27. The predicted molar refractivity (Wildman–Crippen MR) is 63.9 cm³/mol. The smallest absolute Gasteiger partial charge is 0.0994 e. The topological polar surface area (TPSA) is 29.9 Å². The van der Waals surface area contributed by atoms with E-state index in [9.17, 15) is 0 Å². The van der Waals surface area contributed by atoms with Gasteiger partial charge in [-0.2, -0.15) is 0 Å². The molecule has 0 amide bonds. The maximum Gasteiger partial charge on any atom is 0.0994 e. The molecule has 3 rings (SSSR count). The molecule has 0 bridgehead atoms. The lowest BCUT2D eigenvalue weighted by Crippen LogP contribution is -2.40.